The van der Waals surface area contributed by atoms with Crippen molar-refractivity contribution >= 4 is 21.6 Å². The van der Waals surface area contributed by atoms with Gasteiger partial charge in [-0.3, -0.25) is 10.1 Å². The minimum absolute atomic E-state index is 0.0581. The lowest BCUT2D eigenvalue weighted by atomic mass is 10.1. The van der Waals surface area contributed by atoms with Crippen LogP contribution in [0.2, 0.25) is 0 Å². The molecule has 5 nitrogen and oxygen atoms in total. The summed E-state index contributed by atoms with van der Waals surface area (Å²) in [6, 6.07) is 4.56. The minimum atomic E-state index is -0.548. The maximum atomic E-state index is 10.6. The normalized spacial score (nSPS) is 9.50. The number of nitriles is 1. The van der Waals surface area contributed by atoms with Crippen molar-refractivity contribution in [2.45, 2.75) is 6.54 Å². The summed E-state index contributed by atoms with van der Waals surface area (Å²) in [5.41, 5.74) is 5.87. The molecular weight excluding hydrogens is 250 g/mol. The zero-order valence-corrected chi connectivity index (χ0v) is 8.61. The fraction of sp³-hybridized carbons (Fsp3) is 0.125. The van der Waals surface area contributed by atoms with Crippen molar-refractivity contribution < 1.29 is 4.92 Å². The average Bonchev–Trinajstić information content (AvgIpc) is 2.16. The Morgan fingerprint density at radius 1 is 1.64 bits per heavy atom. The van der Waals surface area contributed by atoms with Crippen LogP contribution < -0.4 is 5.73 Å². The number of hydrogen-bond donors (Lipinski definition) is 1. The molecule has 0 saturated carbocycles. The number of hydrogen-bond acceptors (Lipinski definition) is 4. The van der Waals surface area contributed by atoms with Gasteiger partial charge in [0.05, 0.1) is 22.1 Å². The number of benzene rings is 1. The SMILES string of the molecule is N#Cc1cc(Br)c(CN)c([N+](=O)[O-])c1. The molecule has 0 radical (unpaired) electrons. The first-order valence-corrected chi connectivity index (χ1v) is 4.46. The Balaban J connectivity index is 3.45. The van der Waals surface area contributed by atoms with Crippen molar-refractivity contribution in [3.63, 3.8) is 0 Å². The van der Waals surface area contributed by atoms with Gasteiger partial charge in [0.2, 0.25) is 0 Å². The smallest absolute Gasteiger partial charge is 0.276 e. The van der Waals surface area contributed by atoms with Crippen molar-refractivity contribution in [3.8, 4) is 6.07 Å². The summed E-state index contributed by atoms with van der Waals surface area (Å²) in [5, 5.41) is 19.2. The highest BCUT2D eigenvalue weighted by Crippen LogP contribution is 2.27. The quantitative estimate of drug-likeness (QED) is 0.643. The zero-order chi connectivity index (χ0) is 10.7. The van der Waals surface area contributed by atoms with Crippen LogP contribution in [0.1, 0.15) is 11.1 Å². The van der Waals surface area contributed by atoms with Crippen LogP contribution in [0.5, 0.6) is 0 Å². The Kier molecular flexibility index (Phi) is 3.17. The second-order valence-electron chi connectivity index (χ2n) is 2.53. The van der Waals surface area contributed by atoms with Gasteiger partial charge in [-0.2, -0.15) is 5.26 Å². The number of nitrogens with zero attached hydrogens (tertiary/aromatic N) is 2. The van der Waals surface area contributed by atoms with Gasteiger partial charge in [0, 0.05) is 17.1 Å². The van der Waals surface area contributed by atoms with Gasteiger partial charge < -0.3 is 5.73 Å². The summed E-state index contributed by atoms with van der Waals surface area (Å²) in [6.45, 7) is 0.0581. The van der Waals surface area contributed by atoms with Crippen LogP contribution in [0.15, 0.2) is 16.6 Å². The molecule has 6 heteroatoms. The maximum Gasteiger partial charge on any atom is 0.276 e. The van der Waals surface area contributed by atoms with Crippen LogP contribution >= 0.6 is 15.9 Å². The average molecular weight is 256 g/mol. The van der Waals surface area contributed by atoms with E-state index in [1.165, 1.54) is 12.1 Å². The molecule has 0 aliphatic carbocycles. The predicted octanol–water partition coefficient (Wildman–Crippen LogP) is 1.69. The van der Waals surface area contributed by atoms with Gasteiger partial charge in [0.1, 0.15) is 0 Å². The molecule has 0 spiro atoms. The summed E-state index contributed by atoms with van der Waals surface area (Å²) in [5.74, 6) is 0. The first-order valence-electron chi connectivity index (χ1n) is 3.67. The van der Waals surface area contributed by atoms with Gasteiger partial charge in [-0.05, 0) is 6.07 Å². The van der Waals surface area contributed by atoms with E-state index in [1.807, 2.05) is 6.07 Å². The van der Waals surface area contributed by atoms with E-state index in [2.05, 4.69) is 15.9 Å². The third kappa shape index (κ3) is 1.89. The third-order valence-corrected chi connectivity index (χ3v) is 2.41. The highest BCUT2D eigenvalue weighted by atomic mass is 79.9. The van der Waals surface area contributed by atoms with Crippen LogP contribution in [-0.2, 0) is 6.54 Å². The monoisotopic (exact) mass is 255 g/mol. The highest BCUT2D eigenvalue weighted by molar-refractivity contribution is 9.10. The Morgan fingerprint density at radius 2 is 2.29 bits per heavy atom. The molecule has 0 aromatic heterocycles. The molecule has 2 N–H and O–H groups in total. The lowest BCUT2D eigenvalue weighted by molar-refractivity contribution is -0.385. The summed E-state index contributed by atoms with van der Waals surface area (Å²) < 4.78 is 0.491. The number of halogens is 1. The molecule has 14 heavy (non-hydrogen) atoms. The summed E-state index contributed by atoms with van der Waals surface area (Å²) in [6.07, 6.45) is 0. The van der Waals surface area contributed by atoms with Gasteiger partial charge >= 0.3 is 0 Å². The molecule has 0 unspecified atom stereocenters. The van der Waals surface area contributed by atoms with E-state index < -0.39 is 4.92 Å². The summed E-state index contributed by atoms with van der Waals surface area (Å²) in [7, 11) is 0. The van der Waals surface area contributed by atoms with Crippen LogP contribution in [0.3, 0.4) is 0 Å². The minimum Gasteiger partial charge on any atom is -0.326 e. The van der Waals surface area contributed by atoms with Crippen molar-refractivity contribution in [3.05, 3.63) is 37.8 Å². The third-order valence-electron chi connectivity index (χ3n) is 1.70. The van der Waals surface area contributed by atoms with Crippen LogP contribution in [0.4, 0.5) is 5.69 Å². The molecule has 1 aromatic rings. The fourth-order valence-corrected chi connectivity index (χ4v) is 1.66. The lowest BCUT2D eigenvalue weighted by Crippen LogP contribution is -2.03. The Hall–Kier alpha value is -1.45. The second kappa shape index (κ2) is 4.17. The molecule has 0 fully saturated rings. The second-order valence-corrected chi connectivity index (χ2v) is 3.38. The zero-order valence-electron chi connectivity index (χ0n) is 7.03. The predicted molar refractivity (Wildman–Crippen MR) is 53.4 cm³/mol. The standard InChI is InChI=1S/C8H6BrN3O2/c9-7-1-5(3-10)2-8(12(13)14)6(7)4-11/h1-2H,4,11H2. The number of nitro groups is 1. The van der Waals surface area contributed by atoms with E-state index in [0.29, 0.717) is 10.0 Å². The van der Waals surface area contributed by atoms with E-state index >= 15 is 0 Å². The summed E-state index contributed by atoms with van der Waals surface area (Å²) in [4.78, 5) is 10.1. The highest BCUT2D eigenvalue weighted by Gasteiger charge is 2.16. The first kappa shape index (κ1) is 10.6. The molecule has 72 valence electrons. The van der Waals surface area contributed by atoms with Gasteiger partial charge in [0.25, 0.3) is 5.69 Å². The van der Waals surface area contributed by atoms with Gasteiger partial charge in [-0.1, -0.05) is 15.9 Å². The molecule has 0 atom stereocenters. The van der Waals surface area contributed by atoms with Crippen molar-refractivity contribution in [1.82, 2.24) is 0 Å². The molecule has 0 bridgehead atoms. The lowest BCUT2D eigenvalue weighted by Gasteiger charge is -2.02. The number of rotatable bonds is 2. The van der Waals surface area contributed by atoms with Crippen LogP contribution in [0, 0.1) is 21.4 Å². The van der Waals surface area contributed by atoms with Gasteiger partial charge in [-0.25, -0.2) is 0 Å². The first-order chi connectivity index (χ1) is 6.60. The fourth-order valence-electron chi connectivity index (χ4n) is 1.05. The maximum absolute atomic E-state index is 10.6. The Labute approximate surface area is 88.4 Å². The Bertz CT molecular complexity index is 425. The number of nitro benzene ring substituents is 1. The van der Waals surface area contributed by atoms with E-state index in [-0.39, 0.29) is 17.8 Å². The molecular formula is C8H6BrN3O2. The van der Waals surface area contributed by atoms with Crippen molar-refractivity contribution in [2.24, 2.45) is 5.73 Å². The molecule has 0 amide bonds. The molecule has 0 aliphatic rings. The number of nitrogens with two attached hydrogens (primary N) is 1. The molecule has 0 saturated heterocycles. The van der Waals surface area contributed by atoms with Crippen LogP contribution in [0.25, 0.3) is 0 Å². The van der Waals surface area contributed by atoms with E-state index in [0.717, 1.165) is 0 Å². The largest absolute Gasteiger partial charge is 0.326 e. The van der Waals surface area contributed by atoms with Crippen LogP contribution in [-0.4, -0.2) is 4.92 Å². The topological polar surface area (TPSA) is 93.0 Å². The van der Waals surface area contributed by atoms with Crippen molar-refractivity contribution in [1.29, 1.82) is 5.26 Å². The molecule has 1 rings (SSSR count). The van der Waals surface area contributed by atoms with E-state index in [4.69, 9.17) is 11.0 Å². The van der Waals surface area contributed by atoms with Crippen molar-refractivity contribution in [2.75, 3.05) is 0 Å². The van der Waals surface area contributed by atoms with Gasteiger partial charge in [-0.15, -0.1) is 0 Å². The van der Waals surface area contributed by atoms with Gasteiger partial charge in [0.15, 0.2) is 0 Å². The summed E-state index contributed by atoms with van der Waals surface area (Å²) >= 11 is 3.13. The van der Waals surface area contributed by atoms with E-state index in [9.17, 15) is 10.1 Å². The molecule has 0 aliphatic heterocycles. The molecule has 0 heterocycles. The molecule has 1 aromatic carbocycles. The Morgan fingerprint density at radius 3 is 2.71 bits per heavy atom. The van der Waals surface area contributed by atoms with E-state index in [1.54, 1.807) is 0 Å².